The van der Waals surface area contributed by atoms with Gasteiger partial charge in [-0.3, -0.25) is 4.79 Å². The molecule has 0 aromatic carbocycles. The number of piperazine rings is 1. The lowest BCUT2D eigenvalue weighted by atomic mass is 10.2. The Hall–Kier alpha value is -2.15. The molecule has 3 rings (SSSR count). The lowest BCUT2D eigenvalue weighted by Crippen LogP contribution is -2.49. The first-order valence-electron chi connectivity index (χ1n) is 7.29. The number of anilines is 1. The molecule has 0 unspecified atom stereocenters. The van der Waals surface area contributed by atoms with Crippen LogP contribution in [0.5, 0.6) is 5.88 Å². The fraction of sp³-hybridized carbons (Fsp3) is 0.400. The number of hydrogen-bond acceptors (Lipinski definition) is 6. The van der Waals surface area contributed by atoms with Crippen LogP contribution in [-0.2, 0) is 0 Å². The van der Waals surface area contributed by atoms with E-state index in [9.17, 15) is 4.79 Å². The summed E-state index contributed by atoms with van der Waals surface area (Å²) in [4.78, 5) is 24.7. The average molecular weight is 318 g/mol. The van der Waals surface area contributed by atoms with Crippen LogP contribution in [0.3, 0.4) is 0 Å². The van der Waals surface area contributed by atoms with Crippen molar-refractivity contribution in [2.24, 2.45) is 0 Å². The Kier molecular flexibility index (Phi) is 4.53. The monoisotopic (exact) mass is 318 g/mol. The molecular weight excluding hydrogens is 300 g/mol. The summed E-state index contributed by atoms with van der Waals surface area (Å²) in [5.41, 5.74) is 0.777. The third-order valence-electron chi connectivity index (χ3n) is 3.58. The molecule has 1 aliphatic rings. The van der Waals surface area contributed by atoms with Crippen molar-refractivity contribution in [3.8, 4) is 5.88 Å². The smallest absolute Gasteiger partial charge is 0.254 e. The van der Waals surface area contributed by atoms with Gasteiger partial charge in [0.15, 0.2) is 0 Å². The van der Waals surface area contributed by atoms with Crippen molar-refractivity contribution in [2.45, 2.75) is 6.92 Å². The second-order valence-corrected chi connectivity index (χ2v) is 5.72. The molecule has 22 heavy (non-hydrogen) atoms. The molecule has 1 saturated heterocycles. The maximum absolute atomic E-state index is 12.3. The molecule has 0 N–H and O–H groups in total. The van der Waals surface area contributed by atoms with Gasteiger partial charge in [-0.2, -0.15) is 11.3 Å². The highest BCUT2D eigenvalue weighted by atomic mass is 32.1. The minimum atomic E-state index is 0.110. The van der Waals surface area contributed by atoms with Gasteiger partial charge in [-0.25, -0.2) is 9.97 Å². The number of carbonyl (C=O) groups is 1. The van der Waals surface area contributed by atoms with Crippen LogP contribution in [0.2, 0.25) is 0 Å². The summed E-state index contributed by atoms with van der Waals surface area (Å²) in [6.45, 7) is 5.43. The Morgan fingerprint density at radius 1 is 1.32 bits per heavy atom. The van der Waals surface area contributed by atoms with E-state index in [0.717, 1.165) is 24.5 Å². The summed E-state index contributed by atoms with van der Waals surface area (Å²) in [6.07, 6.45) is 1.52. The molecule has 1 aliphatic heterocycles. The van der Waals surface area contributed by atoms with Gasteiger partial charge < -0.3 is 14.5 Å². The molecule has 2 aromatic rings. The molecule has 0 atom stereocenters. The molecule has 0 spiro atoms. The van der Waals surface area contributed by atoms with Crippen molar-refractivity contribution in [1.29, 1.82) is 0 Å². The van der Waals surface area contributed by atoms with Crippen LogP contribution in [-0.4, -0.2) is 53.6 Å². The van der Waals surface area contributed by atoms with E-state index in [4.69, 9.17) is 4.74 Å². The number of amides is 1. The Bertz CT molecular complexity index is 624. The summed E-state index contributed by atoms with van der Waals surface area (Å²) in [6, 6.07) is 3.72. The fourth-order valence-electron chi connectivity index (χ4n) is 2.44. The summed E-state index contributed by atoms with van der Waals surface area (Å²) in [7, 11) is 0. The number of rotatable bonds is 4. The van der Waals surface area contributed by atoms with Crippen LogP contribution < -0.4 is 9.64 Å². The summed E-state index contributed by atoms with van der Waals surface area (Å²) in [5.74, 6) is 1.55. The molecule has 3 heterocycles. The van der Waals surface area contributed by atoms with E-state index in [1.54, 1.807) is 11.3 Å². The number of aromatic nitrogens is 2. The largest absolute Gasteiger partial charge is 0.478 e. The van der Waals surface area contributed by atoms with E-state index in [1.165, 1.54) is 6.33 Å². The van der Waals surface area contributed by atoms with Crippen molar-refractivity contribution in [3.63, 3.8) is 0 Å². The van der Waals surface area contributed by atoms with Gasteiger partial charge in [-0.15, -0.1) is 0 Å². The van der Waals surface area contributed by atoms with Gasteiger partial charge in [0.25, 0.3) is 5.91 Å². The summed E-state index contributed by atoms with van der Waals surface area (Å²) in [5, 5.41) is 3.83. The van der Waals surface area contributed by atoms with Crippen molar-refractivity contribution >= 4 is 23.1 Å². The number of nitrogens with zero attached hydrogens (tertiary/aromatic N) is 4. The molecule has 116 valence electrons. The highest BCUT2D eigenvalue weighted by molar-refractivity contribution is 7.08. The van der Waals surface area contributed by atoms with Crippen LogP contribution in [0, 0.1) is 0 Å². The minimum absolute atomic E-state index is 0.110. The van der Waals surface area contributed by atoms with Crippen LogP contribution in [0.1, 0.15) is 17.3 Å². The molecule has 0 radical (unpaired) electrons. The highest BCUT2D eigenvalue weighted by Gasteiger charge is 2.23. The van der Waals surface area contributed by atoms with Crippen LogP contribution in [0.15, 0.2) is 29.2 Å². The van der Waals surface area contributed by atoms with Crippen molar-refractivity contribution in [1.82, 2.24) is 14.9 Å². The molecular formula is C15H18N4O2S. The zero-order chi connectivity index (χ0) is 15.4. The van der Waals surface area contributed by atoms with Gasteiger partial charge in [-0.1, -0.05) is 0 Å². The number of thiophene rings is 1. The van der Waals surface area contributed by atoms with Crippen LogP contribution >= 0.6 is 11.3 Å². The topological polar surface area (TPSA) is 58.6 Å². The molecule has 0 aliphatic carbocycles. The Balaban J connectivity index is 1.62. The molecule has 0 saturated carbocycles. The fourth-order valence-corrected chi connectivity index (χ4v) is 3.07. The van der Waals surface area contributed by atoms with E-state index in [0.29, 0.717) is 25.6 Å². The van der Waals surface area contributed by atoms with E-state index in [-0.39, 0.29) is 5.91 Å². The van der Waals surface area contributed by atoms with E-state index in [1.807, 2.05) is 34.7 Å². The molecule has 7 heteroatoms. The first-order valence-corrected chi connectivity index (χ1v) is 8.23. The van der Waals surface area contributed by atoms with Gasteiger partial charge in [0, 0.05) is 37.6 Å². The SMILES string of the molecule is CCOc1cc(N2CCN(C(=O)c3ccsc3)CC2)ncn1. The summed E-state index contributed by atoms with van der Waals surface area (Å²) >= 11 is 1.55. The first kappa shape index (κ1) is 14.8. The molecule has 1 amide bonds. The zero-order valence-electron chi connectivity index (χ0n) is 12.4. The van der Waals surface area contributed by atoms with Crippen molar-refractivity contribution < 1.29 is 9.53 Å². The van der Waals surface area contributed by atoms with Crippen molar-refractivity contribution in [2.75, 3.05) is 37.7 Å². The van der Waals surface area contributed by atoms with E-state index < -0.39 is 0 Å². The van der Waals surface area contributed by atoms with Crippen LogP contribution in [0.4, 0.5) is 5.82 Å². The lowest BCUT2D eigenvalue weighted by molar-refractivity contribution is 0.0747. The molecule has 2 aromatic heterocycles. The van der Waals surface area contributed by atoms with Crippen molar-refractivity contribution in [3.05, 3.63) is 34.8 Å². The predicted octanol–water partition coefficient (Wildman–Crippen LogP) is 1.90. The second kappa shape index (κ2) is 6.74. The van der Waals surface area contributed by atoms with Gasteiger partial charge in [0.05, 0.1) is 12.2 Å². The third-order valence-corrected chi connectivity index (χ3v) is 4.26. The maximum atomic E-state index is 12.3. The lowest BCUT2D eigenvalue weighted by Gasteiger charge is -2.35. The van der Waals surface area contributed by atoms with Gasteiger partial charge in [0.2, 0.25) is 5.88 Å². The second-order valence-electron chi connectivity index (χ2n) is 4.94. The normalized spacial score (nSPS) is 15.0. The Labute approximate surface area is 133 Å². The van der Waals surface area contributed by atoms with Crippen LogP contribution in [0.25, 0.3) is 0 Å². The van der Waals surface area contributed by atoms with Gasteiger partial charge in [-0.05, 0) is 18.4 Å². The molecule has 1 fully saturated rings. The first-order chi connectivity index (χ1) is 10.8. The quantitative estimate of drug-likeness (QED) is 0.862. The van der Waals surface area contributed by atoms with Gasteiger partial charge >= 0.3 is 0 Å². The third kappa shape index (κ3) is 3.19. The van der Waals surface area contributed by atoms with Gasteiger partial charge in [0.1, 0.15) is 12.1 Å². The maximum Gasteiger partial charge on any atom is 0.254 e. The zero-order valence-corrected chi connectivity index (χ0v) is 13.3. The highest BCUT2D eigenvalue weighted by Crippen LogP contribution is 2.18. The number of carbonyl (C=O) groups excluding carboxylic acids is 1. The number of ether oxygens (including phenoxy) is 1. The standard InChI is InChI=1S/C15H18N4O2S/c1-2-21-14-9-13(16-11-17-14)18-4-6-19(7-5-18)15(20)12-3-8-22-10-12/h3,8-11H,2,4-7H2,1H3. The Morgan fingerprint density at radius 3 is 2.82 bits per heavy atom. The number of hydrogen-bond donors (Lipinski definition) is 0. The average Bonchev–Trinajstić information content (AvgIpc) is 3.09. The predicted molar refractivity (Wildman–Crippen MR) is 85.6 cm³/mol. The molecule has 0 bridgehead atoms. The summed E-state index contributed by atoms with van der Waals surface area (Å²) < 4.78 is 5.40. The molecule has 6 nitrogen and oxygen atoms in total. The van der Waals surface area contributed by atoms with E-state index >= 15 is 0 Å². The van der Waals surface area contributed by atoms with E-state index in [2.05, 4.69) is 14.9 Å². The minimum Gasteiger partial charge on any atom is -0.478 e. The Morgan fingerprint density at radius 2 is 2.14 bits per heavy atom.